The molecule has 12 heavy (non-hydrogen) atoms. The SMILES string of the molecule is O=c1[nH]c2c(Br)cnc(Cl)c2[nH]1. The van der Waals surface area contributed by atoms with Crippen LogP contribution in [0.2, 0.25) is 5.15 Å². The van der Waals surface area contributed by atoms with Gasteiger partial charge in [-0.25, -0.2) is 9.78 Å². The zero-order chi connectivity index (χ0) is 8.72. The van der Waals surface area contributed by atoms with Crippen molar-refractivity contribution in [1.82, 2.24) is 15.0 Å². The zero-order valence-corrected chi connectivity index (χ0v) is 8.03. The molecule has 0 radical (unpaired) electrons. The molecule has 0 unspecified atom stereocenters. The molecule has 0 atom stereocenters. The van der Waals surface area contributed by atoms with Crippen molar-refractivity contribution in [3.63, 3.8) is 0 Å². The number of H-pyrrole nitrogens is 2. The van der Waals surface area contributed by atoms with Gasteiger partial charge in [0.1, 0.15) is 5.52 Å². The summed E-state index contributed by atoms with van der Waals surface area (Å²) in [6, 6.07) is 0. The molecule has 0 aliphatic rings. The van der Waals surface area contributed by atoms with Crippen LogP contribution >= 0.6 is 27.5 Å². The molecule has 2 rings (SSSR count). The van der Waals surface area contributed by atoms with Gasteiger partial charge in [-0.2, -0.15) is 0 Å². The Bertz CT molecular complexity index is 447. The number of halogens is 2. The Morgan fingerprint density at radius 2 is 2.08 bits per heavy atom. The molecule has 0 aromatic carbocycles. The van der Waals surface area contributed by atoms with E-state index in [1.165, 1.54) is 6.20 Å². The third-order valence-corrected chi connectivity index (χ3v) is 2.35. The van der Waals surface area contributed by atoms with E-state index in [0.717, 1.165) is 0 Å². The first-order chi connectivity index (χ1) is 5.68. The summed E-state index contributed by atoms with van der Waals surface area (Å²) in [4.78, 5) is 19.8. The lowest BCUT2D eigenvalue weighted by molar-refractivity contribution is 1.21. The molecule has 0 bridgehead atoms. The van der Waals surface area contributed by atoms with E-state index in [4.69, 9.17) is 11.6 Å². The highest BCUT2D eigenvalue weighted by Gasteiger charge is 2.06. The predicted molar refractivity (Wildman–Crippen MR) is 49.4 cm³/mol. The first-order valence-electron chi connectivity index (χ1n) is 3.10. The molecule has 0 saturated heterocycles. The van der Waals surface area contributed by atoms with Gasteiger partial charge in [0.25, 0.3) is 0 Å². The molecule has 6 heteroatoms. The molecule has 2 aromatic heterocycles. The summed E-state index contributed by atoms with van der Waals surface area (Å²) >= 11 is 8.95. The van der Waals surface area contributed by atoms with Crippen molar-refractivity contribution in [3.05, 3.63) is 26.3 Å². The van der Waals surface area contributed by atoms with Gasteiger partial charge in [0, 0.05) is 6.20 Å². The highest BCUT2D eigenvalue weighted by molar-refractivity contribution is 9.10. The van der Waals surface area contributed by atoms with Crippen LogP contribution in [-0.4, -0.2) is 15.0 Å². The van der Waals surface area contributed by atoms with Crippen molar-refractivity contribution in [2.75, 3.05) is 0 Å². The maximum atomic E-state index is 10.9. The van der Waals surface area contributed by atoms with Gasteiger partial charge in [-0.05, 0) is 15.9 Å². The Morgan fingerprint density at radius 3 is 2.75 bits per heavy atom. The predicted octanol–water partition coefficient (Wildman–Crippen LogP) is 1.67. The molecule has 2 N–H and O–H groups in total. The van der Waals surface area contributed by atoms with Gasteiger partial charge in [-0.3, -0.25) is 0 Å². The van der Waals surface area contributed by atoms with E-state index in [1.807, 2.05) is 0 Å². The summed E-state index contributed by atoms with van der Waals surface area (Å²) in [5.74, 6) is 0. The highest BCUT2D eigenvalue weighted by atomic mass is 79.9. The summed E-state index contributed by atoms with van der Waals surface area (Å²) in [7, 11) is 0. The lowest BCUT2D eigenvalue weighted by Gasteiger charge is -1.93. The molecular weight excluding hydrogens is 245 g/mol. The molecule has 0 fully saturated rings. The Labute approximate surface area is 80.1 Å². The van der Waals surface area contributed by atoms with E-state index in [2.05, 4.69) is 30.9 Å². The number of aromatic amines is 2. The number of nitrogens with zero attached hydrogens (tertiary/aromatic N) is 1. The molecule has 0 aliphatic carbocycles. The van der Waals surface area contributed by atoms with E-state index < -0.39 is 0 Å². The van der Waals surface area contributed by atoms with Gasteiger partial charge in [0.2, 0.25) is 0 Å². The lowest BCUT2D eigenvalue weighted by Crippen LogP contribution is -1.99. The maximum Gasteiger partial charge on any atom is 0.323 e. The molecule has 0 aliphatic heterocycles. The lowest BCUT2D eigenvalue weighted by atomic mass is 10.4. The van der Waals surface area contributed by atoms with Crippen LogP contribution in [0.3, 0.4) is 0 Å². The molecule has 0 amide bonds. The molecule has 4 nitrogen and oxygen atoms in total. The van der Waals surface area contributed by atoms with Crippen LogP contribution in [0, 0.1) is 0 Å². The second-order valence-electron chi connectivity index (χ2n) is 2.23. The summed E-state index contributed by atoms with van der Waals surface area (Å²) in [6.07, 6.45) is 1.54. The molecule has 2 aromatic rings. The van der Waals surface area contributed by atoms with Crippen LogP contribution in [0.15, 0.2) is 15.5 Å². The molecule has 0 saturated carbocycles. The van der Waals surface area contributed by atoms with E-state index in [-0.39, 0.29) is 10.8 Å². The minimum absolute atomic E-state index is 0.284. The van der Waals surface area contributed by atoms with Crippen molar-refractivity contribution in [1.29, 1.82) is 0 Å². The fourth-order valence-electron chi connectivity index (χ4n) is 0.960. The molecular formula is C6H3BrClN3O. The Kier molecular flexibility index (Phi) is 1.69. The number of hydrogen-bond donors (Lipinski definition) is 2. The van der Waals surface area contributed by atoms with Gasteiger partial charge in [0.05, 0.1) is 9.99 Å². The largest absolute Gasteiger partial charge is 0.323 e. The standard InChI is InChI=1S/C6H3BrClN3O/c7-2-1-9-5(8)4-3(2)10-6(12)11-4/h1H,(H2,10,11,12). The smallest absolute Gasteiger partial charge is 0.305 e. The zero-order valence-electron chi connectivity index (χ0n) is 5.69. The Morgan fingerprint density at radius 1 is 1.42 bits per heavy atom. The number of imidazole rings is 1. The van der Waals surface area contributed by atoms with Crippen LogP contribution in [-0.2, 0) is 0 Å². The first-order valence-corrected chi connectivity index (χ1v) is 4.27. The number of nitrogens with one attached hydrogen (secondary N) is 2. The van der Waals surface area contributed by atoms with Crippen molar-refractivity contribution in [3.8, 4) is 0 Å². The Hall–Kier alpha value is -0.810. The van der Waals surface area contributed by atoms with Crippen LogP contribution in [0.5, 0.6) is 0 Å². The minimum atomic E-state index is -0.291. The van der Waals surface area contributed by atoms with Gasteiger partial charge in [-0.1, -0.05) is 11.6 Å². The number of rotatable bonds is 0. The van der Waals surface area contributed by atoms with Crippen molar-refractivity contribution in [2.45, 2.75) is 0 Å². The minimum Gasteiger partial charge on any atom is -0.305 e. The van der Waals surface area contributed by atoms with Crippen molar-refractivity contribution in [2.24, 2.45) is 0 Å². The van der Waals surface area contributed by atoms with Gasteiger partial charge in [0.15, 0.2) is 5.15 Å². The fourth-order valence-corrected chi connectivity index (χ4v) is 1.55. The van der Waals surface area contributed by atoms with Gasteiger partial charge >= 0.3 is 5.69 Å². The quantitative estimate of drug-likeness (QED) is 0.697. The number of aromatic nitrogens is 3. The van der Waals surface area contributed by atoms with E-state index >= 15 is 0 Å². The number of hydrogen-bond acceptors (Lipinski definition) is 2. The van der Waals surface area contributed by atoms with E-state index in [0.29, 0.717) is 15.5 Å². The van der Waals surface area contributed by atoms with Crippen LogP contribution in [0.1, 0.15) is 0 Å². The average Bonchev–Trinajstić information content (AvgIpc) is 2.41. The highest BCUT2D eigenvalue weighted by Crippen LogP contribution is 2.23. The number of fused-ring (bicyclic) bond motifs is 1. The molecule has 2 heterocycles. The summed E-state index contributed by atoms with van der Waals surface area (Å²) in [6.45, 7) is 0. The molecule has 62 valence electrons. The van der Waals surface area contributed by atoms with Crippen LogP contribution < -0.4 is 5.69 Å². The average molecular weight is 248 g/mol. The normalized spacial score (nSPS) is 10.8. The first kappa shape index (κ1) is 7.82. The molecule has 0 spiro atoms. The Balaban J connectivity index is 3.03. The summed E-state index contributed by atoms with van der Waals surface area (Å²) < 4.78 is 0.709. The topological polar surface area (TPSA) is 61.5 Å². The monoisotopic (exact) mass is 247 g/mol. The van der Waals surface area contributed by atoms with E-state index in [1.54, 1.807) is 0 Å². The second kappa shape index (κ2) is 2.60. The van der Waals surface area contributed by atoms with Gasteiger partial charge in [-0.15, -0.1) is 0 Å². The van der Waals surface area contributed by atoms with Crippen LogP contribution in [0.4, 0.5) is 0 Å². The fraction of sp³-hybridized carbons (Fsp3) is 0. The van der Waals surface area contributed by atoms with Crippen molar-refractivity contribution < 1.29 is 0 Å². The summed E-state index contributed by atoms with van der Waals surface area (Å²) in [5.41, 5.74) is 0.872. The second-order valence-corrected chi connectivity index (χ2v) is 3.44. The van der Waals surface area contributed by atoms with Crippen molar-refractivity contribution >= 4 is 38.6 Å². The van der Waals surface area contributed by atoms with E-state index in [9.17, 15) is 4.79 Å². The third-order valence-electron chi connectivity index (χ3n) is 1.46. The third kappa shape index (κ3) is 1.05. The summed E-state index contributed by atoms with van der Waals surface area (Å²) in [5, 5.41) is 0.284. The number of pyridine rings is 1. The van der Waals surface area contributed by atoms with Crippen LogP contribution in [0.25, 0.3) is 11.0 Å². The van der Waals surface area contributed by atoms with Gasteiger partial charge < -0.3 is 9.97 Å². The maximum absolute atomic E-state index is 10.9.